The minimum absolute atomic E-state index is 0.0990. The summed E-state index contributed by atoms with van der Waals surface area (Å²) in [6.45, 7) is 1.39. The molecule has 0 bridgehead atoms. The van der Waals surface area contributed by atoms with E-state index in [-0.39, 0.29) is 11.5 Å². The van der Waals surface area contributed by atoms with Crippen molar-refractivity contribution in [2.24, 2.45) is 7.05 Å². The molecule has 38 heavy (non-hydrogen) atoms. The number of piperidine rings is 1. The molecule has 0 aliphatic carbocycles. The fourth-order valence-corrected chi connectivity index (χ4v) is 5.20. The second kappa shape index (κ2) is 10.2. The topological polar surface area (TPSA) is 58.9 Å². The molecule has 1 saturated heterocycles. The number of rotatable bonds is 5. The van der Waals surface area contributed by atoms with Gasteiger partial charge in [0.05, 0.1) is 16.8 Å². The number of aryl methyl sites for hydroxylation is 1. The Morgan fingerprint density at radius 3 is 2.47 bits per heavy atom. The molecule has 1 aliphatic rings. The lowest BCUT2D eigenvalue weighted by molar-refractivity contribution is -0.139. The first-order chi connectivity index (χ1) is 18.2. The number of aromatic nitrogens is 4. The molecular formula is C27H25ClF4N6. The number of nitrogens with zero attached hydrogens (tertiary/aromatic N) is 5. The summed E-state index contributed by atoms with van der Waals surface area (Å²) in [7, 11) is 3.63. The number of hydrogen-bond acceptors (Lipinski definition) is 5. The van der Waals surface area contributed by atoms with Crippen molar-refractivity contribution in [2.45, 2.75) is 24.9 Å². The van der Waals surface area contributed by atoms with Crippen LogP contribution in [-0.2, 0) is 13.2 Å². The molecule has 0 atom stereocenters. The molecule has 1 N–H and O–H groups in total. The Bertz CT molecular complexity index is 1460. The monoisotopic (exact) mass is 544 g/mol. The van der Waals surface area contributed by atoms with Crippen LogP contribution < -0.4 is 10.2 Å². The summed E-state index contributed by atoms with van der Waals surface area (Å²) in [6, 6.07) is 10.5. The van der Waals surface area contributed by atoms with Gasteiger partial charge in [-0.05, 0) is 37.1 Å². The average molecular weight is 545 g/mol. The number of alkyl halides is 3. The van der Waals surface area contributed by atoms with Crippen LogP contribution in [0.4, 0.5) is 29.2 Å². The van der Waals surface area contributed by atoms with E-state index < -0.39 is 17.6 Å². The van der Waals surface area contributed by atoms with Gasteiger partial charge >= 0.3 is 6.18 Å². The highest BCUT2D eigenvalue weighted by atomic mass is 35.5. The van der Waals surface area contributed by atoms with Gasteiger partial charge in [0.15, 0.2) is 0 Å². The first kappa shape index (κ1) is 26.0. The van der Waals surface area contributed by atoms with E-state index >= 15 is 0 Å². The molecule has 1 fully saturated rings. The summed E-state index contributed by atoms with van der Waals surface area (Å²) >= 11 is 6.52. The number of anilines is 2. The first-order valence-corrected chi connectivity index (χ1v) is 12.5. The van der Waals surface area contributed by atoms with Gasteiger partial charge in [-0.25, -0.2) is 19.3 Å². The van der Waals surface area contributed by atoms with Crippen molar-refractivity contribution in [3.8, 4) is 22.4 Å². The van der Waals surface area contributed by atoms with E-state index in [9.17, 15) is 17.6 Å². The lowest BCUT2D eigenvalue weighted by Gasteiger charge is -2.34. The van der Waals surface area contributed by atoms with E-state index in [1.54, 1.807) is 13.2 Å². The Hall–Kier alpha value is -3.66. The van der Waals surface area contributed by atoms with Crippen molar-refractivity contribution in [3.63, 3.8) is 0 Å². The third-order valence-corrected chi connectivity index (χ3v) is 7.18. The maximum Gasteiger partial charge on any atom is 0.419 e. The van der Waals surface area contributed by atoms with Gasteiger partial charge < -0.3 is 14.8 Å². The van der Waals surface area contributed by atoms with Crippen molar-refractivity contribution >= 4 is 23.2 Å². The van der Waals surface area contributed by atoms with E-state index in [1.807, 2.05) is 35.9 Å². The maximum atomic E-state index is 13.8. The maximum absolute atomic E-state index is 13.8. The van der Waals surface area contributed by atoms with Crippen LogP contribution in [0.2, 0.25) is 5.02 Å². The average Bonchev–Trinajstić information content (AvgIpc) is 3.29. The van der Waals surface area contributed by atoms with Crippen LogP contribution in [0, 0.1) is 5.82 Å². The minimum atomic E-state index is -4.78. The number of hydrogen-bond donors (Lipinski definition) is 1. The van der Waals surface area contributed by atoms with E-state index in [1.165, 1.54) is 12.4 Å². The zero-order valence-electron chi connectivity index (χ0n) is 20.7. The van der Waals surface area contributed by atoms with Gasteiger partial charge in [-0.15, -0.1) is 0 Å². The molecular weight excluding hydrogens is 520 g/mol. The van der Waals surface area contributed by atoms with E-state index in [0.29, 0.717) is 29.6 Å². The molecule has 11 heteroatoms. The first-order valence-electron chi connectivity index (χ1n) is 12.1. The minimum Gasteiger partial charge on any atom is -0.372 e. The van der Waals surface area contributed by atoms with Crippen LogP contribution in [-0.4, -0.2) is 39.7 Å². The van der Waals surface area contributed by atoms with Gasteiger partial charge in [0.1, 0.15) is 29.6 Å². The number of benzene rings is 2. The predicted octanol–water partition coefficient (Wildman–Crippen LogP) is 6.78. The summed E-state index contributed by atoms with van der Waals surface area (Å²) in [4.78, 5) is 15.8. The second-order valence-corrected chi connectivity index (χ2v) is 9.61. The van der Waals surface area contributed by atoms with Crippen LogP contribution in [0.3, 0.4) is 0 Å². The van der Waals surface area contributed by atoms with Gasteiger partial charge in [-0.1, -0.05) is 29.8 Å². The summed E-state index contributed by atoms with van der Waals surface area (Å²) in [5.41, 5.74) is 0.974. The zero-order valence-corrected chi connectivity index (χ0v) is 21.5. The largest absolute Gasteiger partial charge is 0.419 e. The van der Waals surface area contributed by atoms with Crippen LogP contribution in [0.15, 0.2) is 55.0 Å². The van der Waals surface area contributed by atoms with Crippen molar-refractivity contribution in [1.29, 1.82) is 0 Å². The molecule has 4 aromatic rings. The van der Waals surface area contributed by atoms with E-state index in [0.717, 1.165) is 47.7 Å². The molecule has 0 spiro atoms. The Morgan fingerprint density at radius 1 is 1.05 bits per heavy atom. The number of nitrogens with one attached hydrogen (secondary N) is 1. The van der Waals surface area contributed by atoms with Gasteiger partial charge in [-0.3, -0.25) is 0 Å². The van der Waals surface area contributed by atoms with Crippen LogP contribution in [0.1, 0.15) is 30.1 Å². The molecule has 5 rings (SSSR count). The van der Waals surface area contributed by atoms with Crippen molar-refractivity contribution in [1.82, 2.24) is 19.5 Å². The SMILES string of the molecule is CNc1ncnc(N2CCC(c3nc(-c4ccc(F)c(C(F)(F)F)c4)cn3C)CC2)c1-c1ccccc1Cl. The van der Waals surface area contributed by atoms with Gasteiger partial charge in [0.25, 0.3) is 0 Å². The van der Waals surface area contributed by atoms with Crippen LogP contribution >= 0.6 is 11.6 Å². The molecule has 3 heterocycles. The van der Waals surface area contributed by atoms with E-state index in [4.69, 9.17) is 11.6 Å². The lowest BCUT2D eigenvalue weighted by Crippen LogP contribution is -2.34. The fourth-order valence-electron chi connectivity index (χ4n) is 4.97. The Morgan fingerprint density at radius 2 is 1.79 bits per heavy atom. The zero-order chi connectivity index (χ0) is 27.0. The Labute approximate surface area is 222 Å². The van der Waals surface area contributed by atoms with Gasteiger partial charge in [0.2, 0.25) is 0 Å². The number of imidazole rings is 1. The molecule has 0 radical (unpaired) electrons. The normalized spacial score (nSPS) is 14.7. The summed E-state index contributed by atoms with van der Waals surface area (Å²) in [6.07, 6.45) is -0.0308. The predicted molar refractivity (Wildman–Crippen MR) is 140 cm³/mol. The van der Waals surface area contributed by atoms with Gasteiger partial charge in [0, 0.05) is 55.4 Å². The highest BCUT2D eigenvalue weighted by Gasteiger charge is 2.35. The third-order valence-electron chi connectivity index (χ3n) is 6.85. The molecule has 198 valence electrons. The fraction of sp³-hybridized carbons (Fsp3) is 0.296. The number of halogens is 5. The van der Waals surface area contributed by atoms with Crippen LogP contribution in [0.5, 0.6) is 0 Å². The highest BCUT2D eigenvalue weighted by molar-refractivity contribution is 6.33. The molecule has 0 saturated carbocycles. The summed E-state index contributed by atoms with van der Waals surface area (Å²) in [5.74, 6) is 1.04. The molecule has 1 aliphatic heterocycles. The standard InChI is InChI=1S/C27H25ClF4N6/c1-33-24-23(18-5-3-4-6-20(18)28)26(35-15-34-24)38-11-9-16(10-12-38)25-36-22(14-37(25)2)17-7-8-21(29)19(13-17)27(30,31)32/h3-8,13-16H,9-12H2,1-2H3,(H,33,34,35). The quantitative estimate of drug-likeness (QED) is 0.281. The summed E-state index contributed by atoms with van der Waals surface area (Å²) < 4.78 is 55.2. The lowest BCUT2D eigenvalue weighted by atomic mass is 9.95. The van der Waals surface area contributed by atoms with Crippen molar-refractivity contribution in [3.05, 3.63) is 77.2 Å². The van der Waals surface area contributed by atoms with E-state index in [2.05, 4.69) is 25.2 Å². The highest BCUT2D eigenvalue weighted by Crippen LogP contribution is 2.40. The van der Waals surface area contributed by atoms with Crippen LogP contribution in [0.25, 0.3) is 22.4 Å². The molecule has 6 nitrogen and oxygen atoms in total. The molecule has 2 aromatic carbocycles. The Kier molecular flexibility index (Phi) is 7.00. The Balaban J connectivity index is 1.39. The van der Waals surface area contributed by atoms with Gasteiger partial charge in [-0.2, -0.15) is 13.2 Å². The molecule has 0 amide bonds. The summed E-state index contributed by atoms with van der Waals surface area (Å²) in [5, 5.41) is 3.74. The molecule has 2 aromatic heterocycles. The third kappa shape index (κ3) is 4.92. The van der Waals surface area contributed by atoms with Crippen molar-refractivity contribution < 1.29 is 17.6 Å². The van der Waals surface area contributed by atoms with Crippen molar-refractivity contribution in [2.75, 3.05) is 30.4 Å². The molecule has 0 unspecified atom stereocenters. The smallest absolute Gasteiger partial charge is 0.372 e. The second-order valence-electron chi connectivity index (χ2n) is 9.20.